The van der Waals surface area contributed by atoms with Crippen molar-refractivity contribution < 1.29 is 0 Å². The van der Waals surface area contributed by atoms with Crippen molar-refractivity contribution in [2.75, 3.05) is 0 Å². The predicted molar refractivity (Wildman–Crippen MR) is 183 cm³/mol. The van der Waals surface area contributed by atoms with E-state index in [1.54, 1.807) is 0 Å². The molecule has 0 saturated carbocycles. The maximum absolute atomic E-state index is 2.85. The summed E-state index contributed by atoms with van der Waals surface area (Å²) in [4.78, 5) is 0. The number of hydrogen-bond donors (Lipinski definition) is 0. The van der Waals surface area contributed by atoms with Crippen LogP contribution in [-0.4, -0.2) is 8.07 Å². The number of rotatable bonds is 7. The first-order valence-corrected chi connectivity index (χ1v) is 17.5. The van der Waals surface area contributed by atoms with E-state index in [2.05, 4.69) is 195 Å². The molecule has 0 nitrogen and oxygen atoms in total. The second-order valence-electron chi connectivity index (χ2n) is 11.4. The molecule has 1 fully saturated rings. The summed E-state index contributed by atoms with van der Waals surface area (Å²) in [7, 11) is -2.85. The Hall–Kier alpha value is -4.11. The van der Waals surface area contributed by atoms with Gasteiger partial charge in [-0.15, -0.1) is 11.8 Å². The lowest BCUT2D eigenvalue weighted by Crippen LogP contribution is -2.75. The number of aryl methyl sites for hydroxylation is 2. The Morgan fingerprint density at radius 3 is 1.07 bits per heavy atom. The molecule has 1 saturated heterocycles. The molecule has 1 unspecified atom stereocenters. The van der Waals surface area contributed by atoms with Crippen molar-refractivity contribution in [3.05, 3.63) is 198 Å². The largest absolute Gasteiger partial charge is 0.171 e. The monoisotopic (exact) mass is 574 g/mol. The molecule has 2 heteroatoms. The second kappa shape index (κ2) is 10.6. The van der Waals surface area contributed by atoms with E-state index in [4.69, 9.17) is 0 Å². The first-order chi connectivity index (χ1) is 20.6. The zero-order valence-corrected chi connectivity index (χ0v) is 25.9. The van der Waals surface area contributed by atoms with E-state index in [9.17, 15) is 0 Å². The first-order valence-electron chi connectivity index (χ1n) is 14.7. The van der Waals surface area contributed by atoms with Crippen LogP contribution >= 0.6 is 11.8 Å². The van der Waals surface area contributed by atoms with E-state index in [1.807, 2.05) is 0 Å². The van der Waals surface area contributed by atoms with Gasteiger partial charge in [-0.3, -0.25) is 0 Å². The van der Waals surface area contributed by atoms with E-state index in [1.165, 1.54) is 43.4 Å². The Balaban J connectivity index is 1.69. The highest BCUT2D eigenvalue weighted by Gasteiger charge is 2.81. The van der Waals surface area contributed by atoms with Crippen molar-refractivity contribution in [1.82, 2.24) is 0 Å². The third kappa shape index (κ3) is 3.90. The summed E-state index contributed by atoms with van der Waals surface area (Å²) < 4.78 is -0.556. The van der Waals surface area contributed by atoms with Crippen molar-refractivity contribution in [2.45, 2.75) is 23.0 Å². The molecule has 204 valence electrons. The lowest BCUT2D eigenvalue weighted by molar-refractivity contribution is 0.752. The molecule has 1 aliphatic heterocycles. The van der Waals surface area contributed by atoms with Gasteiger partial charge in [-0.25, -0.2) is 0 Å². The Labute approximate surface area is 255 Å². The van der Waals surface area contributed by atoms with Crippen molar-refractivity contribution in [2.24, 2.45) is 0 Å². The SMILES string of the molecule is Cc1ccc(C2(c3ccc(C)cc3)SC2(c2ccccc2)[Si](c2ccccc2)(c2ccccc2)c2ccccc2)cc1. The Morgan fingerprint density at radius 1 is 0.381 bits per heavy atom. The summed E-state index contributed by atoms with van der Waals surface area (Å²) in [5.41, 5.74) is 6.69. The Kier molecular flexibility index (Phi) is 6.77. The minimum atomic E-state index is -2.85. The fourth-order valence-electron chi connectivity index (χ4n) is 7.14. The zero-order chi connectivity index (χ0) is 28.6. The molecule has 0 aromatic heterocycles. The van der Waals surface area contributed by atoms with E-state index in [-0.39, 0.29) is 9.12 Å². The third-order valence-electron chi connectivity index (χ3n) is 9.01. The van der Waals surface area contributed by atoms with Crippen molar-refractivity contribution in [3.8, 4) is 0 Å². The van der Waals surface area contributed by atoms with Gasteiger partial charge in [0.1, 0.15) is 0 Å². The molecule has 1 heterocycles. The molecule has 0 spiro atoms. The van der Waals surface area contributed by atoms with Crippen LogP contribution in [0.15, 0.2) is 170 Å². The normalized spacial score (nSPS) is 17.5. The molecule has 6 aromatic rings. The van der Waals surface area contributed by atoms with Crippen LogP contribution in [-0.2, 0) is 9.12 Å². The number of benzene rings is 6. The van der Waals surface area contributed by atoms with Crippen LogP contribution in [0.4, 0.5) is 0 Å². The molecule has 7 rings (SSSR count). The van der Waals surface area contributed by atoms with E-state index in [0.717, 1.165) is 0 Å². The standard InChI is InChI=1S/C40H34SSi/c1-31-23-27-33(28-24-31)39(34-29-25-32(2)26-30-34)40(41-39,35-15-7-3-8-16-35)42(36-17-9-4-10-18-36,37-19-11-5-12-20-37)38-21-13-6-14-22-38/h3-30H,1-2H3. The highest BCUT2D eigenvalue weighted by molar-refractivity contribution is 8.11. The van der Waals surface area contributed by atoms with Crippen LogP contribution in [0.25, 0.3) is 0 Å². The topological polar surface area (TPSA) is 0 Å². The average Bonchev–Trinajstić information content (AvgIpc) is 3.76. The van der Waals surface area contributed by atoms with Crippen molar-refractivity contribution in [1.29, 1.82) is 0 Å². The Morgan fingerprint density at radius 2 is 0.714 bits per heavy atom. The minimum Gasteiger partial charge on any atom is -0.132 e. The van der Waals surface area contributed by atoms with Gasteiger partial charge in [-0.05, 0) is 46.1 Å². The van der Waals surface area contributed by atoms with Gasteiger partial charge in [0.05, 0.1) is 9.12 Å². The predicted octanol–water partition coefficient (Wildman–Crippen LogP) is 7.90. The zero-order valence-electron chi connectivity index (χ0n) is 24.1. The highest BCUT2D eigenvalue weighted by Crippen LogP contribution is 2.80. The van der Waals surface area contributed by atoms with Gasteiger partial charge < -0.3 is 0 Å². The second-order valence-corrected chi connectivity index (χ2v) is 17.2. The molecule has 0 amide bonds. The summed E-state index contributed by atoms with van der Waals surface area (Å²) in [6.07, 6.45) is 0. The van der Waals surface area contributed by atoms with Gasteiger partial charge in [0, 0.05) is 0 Å². The van der Waals surface area contributed by atoms with Crippen LogP contribution in [0.3, 0.4) is 0 Å². The number of hydrogen-bond acceptors (Lipinski definition) is 1. The first kappa shape index (κ1) is 26.8. The quantitative estimate of drug-likeness (QED) is 0.106. The molecular formula is C40H34SSi. The molecule has 0 bridgehead atoms. The lowest BCUT2D eigenvalue weighted by atomic mass is 9.84. The van der Waals surface area contributed by atoms with Crippen LogP contribution in [0.2, 0.25) is 0 Å². The highest BCUT2D eigenvalue weighted by atomic mass is 32.2. The molecule has 0 N–H and O–H groups in total. The van der Waals surface area contributed by atoms with Gasteiger partial charge in [-0.1, -0.05) is 181 Å². The summed E-state index contributed by atoms with van der Waals surface area (Å²) in [5.74, 6) is 0. The van der Waals surface area contributed by atoms with Crippen molar-refractivity contribution in [3.63, 3.8) is 0 Å². The van der Waals surface area contributed by atoms with Crippen LogP contribution in [0.5, 0.6) is 0 Å². The summed E-state index contributed by atoms with van der Waals surface area (Å²) in [6.45, 7) is 4.37. The van der Waals surface area contributed by atoms with E-state index in [0.29, 0.717) is 0 Å². The summed E-state index contributed by atoms with van der Waals surface area (Å²) in [6, 6.07) is 64.3. The van der Waals surface area contributed by atoms with Gasteiger partial charge in [0.15, 0.2) is 8.07 Å². The smallest absolute Gasteiger partial charge is 0.132 e. The fraction of sp³-hybridized carbons (Fsp3) is 0.100. The van der Waals surface area contributed by atoms with Crippen LogP contribution in [0.1, 0.15) is 27.8 Å². The molecule has 0 aliphatic carbocycles. The van der Waals surface area contributed by atoms with Gasteiger partial charge in [0.2, 0.25) is 0 Å². The third-order valence-corrected chi connectivity index (χ3v) is 17.5. The van der Waals surface area contributed by atoms with Crippen molar-refractivity contribution >= 4 is 35.4 Å². The molecule has 0 radical (unpaired) electrons. The molecule has 1 atom stereocenters. The average molecular weight is 575 g/mol. The molecular weight excluding hydrogens is 541 g/mol. The summed E-state index contributed by atoms with van der Waals surface area (Å²) in [5, 5.41) is 4.29. The molecule has 42 heavy (non-hydrogen) atoms. The minimum absolute atomic E-state index is 0.268. The maximum atomic E-state index is 2.39. The molecule has 6 aromatic carbocycles. The molecule has 1 aliphatic rings. The van der Waals surface area contributed by atoms with Crippen LogP contribution in [0, 0.1) is 13.8 Å². The maximum Gasteiger partial charge on any atom is 0.171 e. The summed E-state index contributed by atoms with van der Waals surface area (Å²) >= 11 is 2.16. The van der Waals surface area contributed by atoms with Gasteiger partial charge in [-0.2, -0.15) is 0 Å². The number of thioether (sulfide) groups is 1. The van der Waals surface area contributed by atoms with E-state index >= 15 is 0 Å². The van der Waals surface area contributed by atoms with Gasteiger partial charge in [0.25, 0.3) is 0 Å². The van der Waals surface area contributed by atoms with Crippen LogP contribution < -0.4 is 15.6 Å². The lowest BCUT2D eigenvalue weighted by Gasteiger charge is -2.43. The van der Waals surface area contributed by atoms with Gasteiger partial charge >= 0.3 is 0 Å². The fourth-order valence-corrected chi connectivity index (χ4v) is 17.0. The van der Waals surface area contributed by atoms with E-state index < -0.39 is 8.07 Å². The Bertz CT molecular complexity index is 1640.